The Morgan fingerprint density at radius 3 is 2.67 bits per heavy atom. The number of hydrogen-bond donors (Lipinski definition) is 1. The number of aromatic hydroxyl groups is 1. The van der Waals surface area contributed by atoms with E-state index in [1.165, 1.54) is 16.3 Å². The highest BCUT2D eigenvalue weighted by molar-refractivity contribution is 5.89. The summed E-state index contributed by atoms with van der Waals surface area (Å²) in [7, 11) is 0. The van der Waals surface area contributed by atoms with Crippen LogP contribution in [0.15, 0.2) is 54.6 Å². The summed E-state index contributed by atoms with van der Waals surface area (Å²) in [6.45, 7) is 0. The molecule has 0 aromatic heterocycles. The van der Waals surface area contributed by atoms with Crippen LogP contribution in [-0.4, -0.2) is 11.4 Å². The predicted molar refractivity (Wildman–Crippen MR) is 78.9 cm³/mol. The predicted octanol–water partition coefficient (Wildman–Crippen LogP) is 3.79. The molecule has 102 valence electrons. The first-order valence-corrected chi connectivity index (χ1v) is 6.99. The maximum absolute atomic E-state index is 9.61. The van der Waals surface area contributed by atoms with E-state index in [1.54, 1.807) is 12.1 Å². The van der Waals surface area contributed by atoms with E-state index in [0.717, 1.165) is 11.3 Å². The van der Waals surface area contributed by atoms with Crippen molar-refractivity contribution in [1.29, 1.82) is 0 Å². The van der Waals surface area contributed by atoms with Crippen LogP contribution in [0, 0.1) is 0 Å². The molecule has 3 heteroatoms. The Morgan fingerprint density at radius 1 is 0.857 bits per heavy atom. The van der Waals surface area contributed by atoms with Gasteiger partial charge in [-0.3, -0.25) is 0 Å². The third-order valence-corrected chi connectivity index (χ3v) is 4.33. The molecule has 0 aliphatic carbocycles. The molecule has 0 radical (unpaired) electrons. The number of hydrogen-bond acceptors (Lipinski definition) is 3. The molecular weight excluding hydrogens is 264 g/mol. The summed E-state index contributed by atoms with van der Waals surface area (Å²) >= 11 is 0. The van der Waals surface area contributed by atoms with Crippen molar-refractivity contribution < 1.29 is 14.6 Å². The Morgan fingerprint density at radius 2 is 1.71 bits per heavy atom. The van der Waals surface area contributed by atoms with Gasteiger partial charge in [-0.2, -0.15) is 0 Å². The Hall–Kier alpha value is -2.68. The maximum Gasteiger partial charge on any atom is 0.252 e. The van der Waals surface area contributed by atoms with Crippen molar-refractivity contribution in [3.8, 4) is 17.2 Å². The van der Waals surface area contributed by atoms with Crippen LogP contribution in [0.3, 0.4) is 0 Å². The largest absolute Gasteiger partial charge is 0.508 e. The zero-order chi connectivity index (χ0) is 14.0. The number of benzene rings is 3. The molecule has 2 aliphatic heterocycles. The summed E-state index contributed by atoms with van der Waals surface area (Å²) in [5.41, 5.74) is 2.26. The van der Waals surface area contributed by atoms with E-state index in [2.05, 4.69) is 18.2 Å². The molecule has 3 nitrogen and oxygen atoms in total. The lowest BCUT2D eigenvalue weighted by Crippen LogP contribution is -2.19. The topological polar surface area (TPSA) is 38.7 Å². The molecule has 3 aromatic carbocycles. The van der Waals surface area contributed by atoms with Crippen molar-refractivity contribution in [2.24, 2.45) is 0 Å². The van der Waals surface area contributed by atoms with E-state index in [9.17, 15) is 5.11 Å². The molecule has 2 heterocycles. The summed E-state index contributed by atoms with van der Waals surface area (Å²) in [5.74, 6) is 1.89. The average molecular weight is 276 g/mol. The first-order valence-electron chi connectivity index (χ1n) is 6.99. The van der Waals surface area contributed by atoms with E-state index < -0.39 is 0 Å². The summed E-state index contributed by atoms with van der Waals surface area (Å²) < 4.78 is 11.8. The number of phenolic OH excluding ortho intramolecular Hbond substituents is 1. The molecule has 0 fully saturated rings. The molecule has 0 amide bonds. The molecule has 0 saturated heterocycles. The van der Waals surface area contributed by atoms with Gasteiger partial charge in [0.05, 0.1) is 5.92 Å². The first kappa shape index (κ1) is 11.0. The molecular formula is C18H12O3. The van der Waals surface area contributed by atoms with Crippen molar-refractivity contribution in [3.05, 3.63) is 65.7 Å². The molecule has 3 aromatic rings. The molecule has 2 atom stereocenters. The van der Waals surface area contributed by atoms with Gasteiger partial charge < -0.3 is 14.6 Å². The quantitative estimate of drug-likeness (QED) is 0.679. The smallest absolute Gasteiger partial charge is 0.252 e. The molecule has 1 N–H and O–H groups in total. The highest BCUT2D eigenvalue weighted by atomic mass is 16.7. The summed E-state index contributed by atoms with van der Waals surface area (Å²) in [5, 5.41) is 12.0. The summed E-state index contributed by atoms with van der Waals surface area (Å²) in [4.78, 5) is 0. The minimum atomic E-state index is -0.331. The zero-order valence-electron chi connectivity index (χ0n) is 11.1. The fraction of sp³-hybridized carbons (Fsp3) is 0.111. The molecule has 0 bridgehead atoms. The van der Waals surface area contributed by atoms with Gasteiger partial charge >= 0.3 is 0 Å². The van der Waals surface area contributed by atoms with Gasteiger partial charge in [-0.1, -0.05) is 36.4 Å². The third-order valence-electron chi connectivity index (χ3n) is 4.33. The van der Waals surface area contributed by atoms with E-state index in [-0.39, 0.29) is 18.0 Å². The average Bonchev–Trinajstić information content (AvgIpc) is 3.01. The molecule has 0 spiro atoms. The number of fused-ring (bicyclic) bond motifs is 7. The highest BCUT2D eigenvalue weighted by Crippen LogP contribution is 2.52. The van der Waals surface area contributed by atoms with E-state index in [1.807, 2.05) is 24.3 Å². The van der Waals surface area contributed by atoms with Crippen LogP contribution in [0.1, 0.15) is 17.0 Å². The highest BCUT2D eigenvalue weighted by Gasteiger charge is 2.44. The van der Waals surface area contributed by atoms with Crippen molar-refractivity contribution in [2.75, 3.05) is 0 Å². The molecule has 21 heavy (non-hydrogen) atoms. The molecule has 0 saturated carbocycles. The van der Waals surface area contributed by atoms with Crippen LogP contribution >= 0.6 is 0 Å². The van der Waals surface area contributed by atoms with Crippen LogP contribution in [0.5, 0.6) is 17.2 Å². The normalized spacial score (nSPS) is 21.3. The standard InChI is InChI=1S/C18H12O3/c19-11-6-7-13-15(9-11)21-18-17(13)16-12-4-2-1-3-10(12)5-8-14(16)20-18/h1-9,17-19H. The van der Waals surface area contributed by atoms with Gasteiger partial charge in [-0.15, -0.1) is 0 Å². The maximum atomic E-state index is 9.61. The minimum Gasteiger partial charge on any atom is -0.508 e. The second-order valence-electron chi connectivity index (χ2n) is 5.50. The lowest BCUT2D eigenvalue weighted by Gasteiger charge is -2.09. The van der Waals surface area contributed by atoms with Crippen LogP contribution in [0.4, 0.5) is 0 Å². The minimum absolute atomic E-state index is 0.0710. The molecule has 2 aliphatic rings. The van der Waals surface area contributed by atoms with Gasteiger partial charge in [0.25, 0.3) is 6.29 Å². The van der Waals surface area contributed by atoms with E-state index in [0.29, 0.717) is 5.75 Å². The van der Waals surface area contributed by atoms with Crippen molar-refractivity contribution in [2.45, 2.75) is 12.2 Å². The van der Waals surface area contributed by atoms with Crippen LogP contribution in [0.25, 0.3) is 10.8 Å². The Kier molecular flexibility index (Phi) is 1.94. The van der Waals surface area contributed by atoms with Gasteiger partial charge in [0.2, 0.25) is 0 Å². The Balaban J connectivity index is 1.80. The van der Waals surface area contributed by atoms with Gasteiger partial charge in [0, 0.05) is 17.2 Å². The van der Waals surface area contributed by atoms with E-state index >= 15 is 0 Å². The zero-order valence-corrected chi connectivity index (χ0v) is 11.1. The fourth-order valence-electron chi connectivity index (χ4n) is 3.43. The van der Waals surface area contributed by atoms with E-state index in [4.69, 9.17) is 9.47 Å². The summed E-state index contributed by atoms with van der Waals surface area (Å²) in [6, 6.07) is 17.7. The third kappa shape index (κ3) is 1.38. The van der Waals surface area contributed by atoms with Crippen molar-refractivity contribution in [1.82, 2.24) is 0 Å². The fourth-order valence-corrected chi connectivity index (χ4v) is 3.43. The van der Waals surface area contributed by atoms with Crippen LogP contribution in [0.2, 0.25) is 0 Å². The van der Waals surface area contributed by atoms with Gasteiger partial charge in [-0.05, 0) is 22.9 Å². The lowest BCUT2D eigenvalue weighted by molar-refractivity contribution is 0.0329. The van der Waals surface area contributed by atoms with Gasteiger partial charge in [0.15, 0.2) is 0 Å². The SMILES string of the molecule is Oc1ccc2c(c1)OC1Oc3ccc4ccccc4c3C21. The number of ether oxygens (including phenoxy) is 2. The molecule has 5 rings (SSSR count). The first-order chi connectivity index (χ1) is 10.3. The Labute approximate surface area is 121 Å². The van der Waals surface area contributed by atoms with Crippen molar-refractivity contribution in [3.63, 3.8) is 0 Å². The van der Waals surface area contributed by atoms with Crippen LogP contribution < -0.4 is 9.47 Å². The lowest BCUT2D eigenvalue weighted by atomic mass is 9.89. The van der Waals surface area contributed by atoms with Gasteiger partial charge in [0.1, 0.15) is 17.2 Å². The van der Waals surface area contributed by atoms with Gasteiger partial charge in [-0.25, -0.2) is 0 Å². The van der Waals surface area contributed by atoms with Crippen LogP contribution in [-0.2, 0) is 0 Å². The summed E-state index contributed by atoms with van der Waals surface area (Å²) in [6.07, 6.45) is -0.331. The Bertz CT molecular complexity index is 885. The molecule has 2 unspecified atom stereocenters. The monoisotopic (exact) mass is 276 g/mol. The number of phenols is 1. The second-order valence-corrected chi connectivity index (χ2v) is 5.50. The second kappa shape index (κ2) is 3.70. The number of rotatable bonds is 0. The van der Waals surface area contributed by atoms with Crippen molar-refractivity contribution >= 4 is 10.8 Å².